The van der Waals surface area contributed by atoms with Crippen LogP contribution < -0.4 is 9.50 Å². The van der Waals surface area contributed by atoms with Gasteiger partial charge in [0.15, 0.2) is 6.04 Å². The molecule has 0 aromatic heterocycles. The molecule has 0 heterocycles. The van der Waals surface area contributed by atoms with E-state index in [9.17, 15) is 18.0 Å². The van der Waals surface area contributed by atoms with Crippen LogP contribution in [0.2, 0.25) is 0 Å². The molecule has 0 fully saturated rings. The van der Waals surface area contributed by atoms with E-state index in [1.165, 1.54) is 38.3 Å². The Kier molecular flexibility index (Phi) is 5.09. The minimum Gasteiger partial charge on any atom is -0.467 e. The Labute approximate surface area is 117 Å². The summed E-state index contributed by atoms with van der Waals surface area (Å²) in [6.07, 6.45) is 0.926. The van der Waals surface area contributed by atoms with Crippen molar-refractivity contribution in [2.45, 2.75) is 13.0 Å². The minimum absolute atomic E-state index is 0.114. The van der Waals surface area contributed by atoms with Crippen molar-refractivity contribution in [3.8, 4) is 5.75 Å². The van der Waals surface area contributed by atoms with Crippen LogP contribution >= 0.6 is 0 Å². The molecule has 0 aliphatic heterocycles. The van der Waals surface area contributed by atoms with Crippen LogP contribution in [-0.4, -0.2) is 33.7 Å². The second-order valence-electron chi connectivity index (χ2n) is 4.01. The van der Waals surface area contributed by atoms with Gasteiger partial charge in [-0.1, -0.05) is 12.1 Å². The van der Waals surface area contributed by atoms with E-state index in [0.29, 0.717) is 5.56 Å². The van der Waals surface area contributed by atoms with E-state index in [0.717, 1.165) is 6.26 Å². The van der Waals surface area contributed by atoms with Crippen molar-refractivity contribution < 1.29 is 26.9 Å². The lowest BCUT2D eigenvalue weighted by Crippen LogP contribution is -2.32. The molecule has 0 saturated carbocycles. The maximum atomic E-state index is 11.6. The Morgan fingerprint density at radius 1 is 1.20 bits per heavy atom. The number of ether oxygens (including phenoxy) is 1. The van der Waals surface area contributed by atoms with Crippen molar-refractivity contribution in [3.63, 3.8) is 0 Å². The topological polar surface area (TPSA) is 98.8 Å². The fourth-order valence-electron chi connectivity index (χ4n) is 1.49. The average Bonchev–Trinajstić information content (AvgIpc) is 2.34. The minimum atomic E-state index is -3.61. The molecule has 0 aliphatic rings. The van der Waals surface area contributed by atoms with E-state index >= 15 is 0 Å². The van der Waals surface area contributed by atoms with Crippen LogP contribution in [0.4, 0.5) is 0 Å². The SMILES string of the molecule is COC(=O)C(NC(C)=O)c1ccc(OS(C)(=O)=O)cc1. The second kappa shape index (κ2) is 6.38. The summed E-state index contributed by atoms with van der Waals surface area (Å²) in [5.74, 6) is -0.906. The predicted molar refractivity (Wildman–Crippen MR) is 70.5 cm³/mol. The Hall–Kier alpha value is -2.09. The van der Waals surface area contributed by atoms with Gasteiger partial charge in [0.1, 0.15) is 5.75 Å². The van der Waals surface area contributed by atoms with Gasteiger partial charge in [-0.05, 0) is 17.7 Å². The summed E-state index contributed by atoms with van der Waals surface area (Å²) in [4.78, 5) is 22.7. The highest BCUT2D eigenvalue weighted by atomic mass is 32.2. The Morgan fingerprint density at radius 2 is 1.75 bits per heavy atom. The molecular weight excluding hydrogens is 286 g/mol. The highest BCUT2D eigenvalue weighted by Gasteiger charge is 2.22. The number of amides is 1. The van der Waals surface area contributed by atoms with Crippen LogP contribution in [0.5, 0.6) is 5.75 Å². The first kappa shape index (κ1) is 16.0. The maximum Gasteiger partial charge on any atom is 0.333 e. The molecule has 0 spiro atoms. The molecule has 0 aliphatic carbocycles. The fourth-order valence-corrected chi connectivity index (χ4v) is 1.95. The molecule has 1 atom stereocenters. The lowest BCUT2D eigenvalue weighted by molar-refractivity contribution is -0.145. The summed E-state index contributed by atoms with van der Waals surface area (Å²) in [6.45, 7) is 1.27. The zero-order chi connectivity index (χ0) is 15.3. The van der Waals surface area contributed by atoms with E-state index in [-0.39, 0.29) is 5.75 Å². The average molecular weight is 301 g/mol. The van der Waals surface area contributed by atoms with Crippen molar-refractivity contribution in [3.05, 3.63) is 29.8 Å². The van der Waals surface area contributed by atoms with Crippen LogP contribution in [0.25, 0.3) is 0 Å². The summed E-state index contributed by atoms with van der Waals surface area (Å²) in [6, 6.07) is 4.75. The molecule has 1 aromatic carbocycles. The molecule has 1 amide bonds. The predicted octanol–water partition coefficient (Wildman–Crippen LogP) is 0.375. The first-order valence-electron chi connectivity index (χ1n) is 5.57. The van der Waals surface area contributed by atoms with Crippen molar-refractivity contribution in [1.82, 2.24) is 5.32 Å². The van der Waals surface area contributed by atoms with Crippen molar-refractivity contribution >= 4 is 22.0 Å². The van der Waals surface area contributed by atoms with Gasteiger partial charge in [-0.3, -0.25) is 4.79 Å². The van der Waals surface area contributed by atoms with E-state index in [4.69, 9.17) is 0 Å². The number of carbonyl (C=O) groups excluding carboxylic acids is 2. The van der Waals surface area contributed by atoms with Crippen molar-refractivity contribution in [2.24, 2.45) is 0 Å². The van der Waals surface area contributed by atoms with Crippen LogP contribution in [0.1, 0.15) is 18.5 Å². The lowest BCUT2D eigenvalue weighted by Gasteiger charge is -2.16. The molecule has 110 valence electrons. The Bertz CT molecular complexity index is 593. The van der Waals surface area contributed by atoms with Gasteiger partial charge < -0.3 is 14.2 Å². The molecule has 1 aromatic rings. The zero-order valence-electron chi connectivity index (χ0n) is 11.2. The third-order valence-corrected chi connectivity index (χ3v) is 2.74. The summed E-state index contributed by atoms with van der Waals surface area (Å²) < 4.78 is 31.2. The summed E-state index contributed by atoms with van der Waals surface area (Å²) in [5.41, 5.74) is 0.452. The first-order chi connectivity index (χ1) is 9.23. The molecule has 1 unspecified atom stereocenters. The third kappa shape index (κ3) is 4.88. The molecule has 0 saturated heterocycles. The van der Waals surface area contributed by atoms with Gasteiger partial charge in [0.25, 0.3) is 0 Å². The monoisotopic (exact) mass is 301 g/mol. The van der Waals surface area contributed by atoms with Gasteiger partial charge in [0.05, 0.1) is 13.4 Å². The van der Waals surface area contributed by atoms with Gasteiger partial charge in [-0.15, -0.1) is 0 Å². The van der Waals surface area contributed by atoms with Gasteiger partial charge in [0, 0.05) is 6.92 Å². The van der Waals surface area contributed by atoms with E-state index in [1.807, 2.05) is 0 Å². The summed E-state index contributed by atoms with van der Waals surface area (Å²) in [5, 5.41) is 2.44. The highest BCUT2D eigenvalue weighted by Crippen LogP contribution is 2.20. The summed E-state index contributed by atoms with van der Waals surface area (Å²) >= 11 is 0. The number of benzene rings is 1. The van der Waals surface area contributed by atoms with Crippen LogP contribution in [0, 0.1) is 0 Å². The number of nitrogens with one attached hydrogen (secondary N) is 1. The number of rotatable bonds is 5. The van der Waals surface area contributed by atoms with Crippen LogP contribution in [0.15, 0.2) is 24.3 Å². The fraction of sp³-hybridized carbons (Fsp3) is 0.333. The molecule has 0 bridgehead atoms. The van der Waals surface area contributed by atoms with E-state index < -0.39 is 28.0 Å². The number of hydrogen-bond acceptors (Lipinski definition) is 6. The van der Waals surface area contributed by atoms with Crippen molar-refractivity contribution in [2.75, 3.05) is 13.4 Å². The number of esters is 1. The molecule has 1 N–H and O–H groups in total. The standard InChI is InChI=1S/C12H15NO6S/c1-8(14)13-11(12(15)18-2)9-4-6-10(7-5-9)19-20(3,16)17/h4-7,11H,1-3H3,(H,13,14). The number of hydrogen-bond donors (Lipinski definition) is 1. The lowest BCUT2D eigenvalue weighted by atomic mass is 10.1. The normalized spacial score (nSPS) is 12.3. The quantitative estimate of drug-likeness (QED) is 0.623. The van der Waals surface area contributed by atoms with E-state index in [1.54, 1.807) is 0 Å². The molecule has 0 radical (unpaired) electrons. The van der Waals surface area contributed by atoms with Crippen molar-refractivity contribution in [1.29, 1.82) is 0 Å². The number of methoxy groups -OCH3 is 1. The van der Waals surface area contributed by atoms with Crippen LogP contribution in [-0.2, 0) is 24.4 Å². The number of carbonyl (C=O) groups is 2. The molecule has 20 heavy (non-hydrogen) atoms. The first-order valence-corrected chi connectivity index (χ1v) is 7.39. The highest BCUT2D eigenvalue weighted by molar-refractivity contribution is 7.86. The van der Waals surface area contributed by atoms with Gasteiger partial charge in [-0.2, -0.15) is 8.42 Å². The van der Waals surface area contributed by atoms with Gasteiger partial charge >= 0.3 is 16.1 Å². The largest absolute Gasteiger partial charge is 0.467 e. The molecule has 1 rings (SSSR count). The van der Waals surface area contributed by atoms with Gasteiger partial charge in [0.2, 0.25) is 5.91 Å². The Morgan fingerprint density at radius 3 is 2.15 bits per heavy atom. The third-order valence-electron chi connectivity index (χ3n) is 2.25. The second-order valence-corrected chi connectivity index (χ2v) is 5.59. The summed E-state index contributed by atoms with van der Waals surface area (Å²) in [7, 11) is -2.40. The maximum absolute atomic E-state index is 11.6. The van der Waals surface area contributed by atoms with Crippen LogP contribution in [0.3, 0.4) is 0 Å². The van der Waals surface area contributed by atoms with E-state index in [2.05, 4.69) is 14.2 Å². The molecule has 7 nitrogen and oxygen atoms in total. The Balaban J connectivity index is 2.98. The zero-order valence-corrected chi connectivity index (χ0v) is 12.1. The smallest absolute Gasteiger partial charge is 0.333 e. The molecular formula is C12H15NO6S. The molecule has 8 heteroatoms. The van der Waals surface area contributed by atoms with Gasteiger partial charge in [-0.25, -0.2) is 4.79 Å².